The second-order valence-corrected chi connectivity index (χ2v) is 4.82. The topological polar surface area (TPSA) is 64.8 Å². The van der Waals surface area contributed by atoms with E-state index in [1.165, 1.54) is 4.68 Å². The minimum Gasteiger partial charge on any atom is -0.362 e. The maximum atomic E-state index is 11.7. The third kappa shape index (κ3) is 2.16. The van der Waals surface area contributed by atoms with Gasteiger partial charge in [-0.25, -0.2) is 0 Å². The minimum absolute atomic E-state index is 0.208. The Morgan fingerprint density at radius 2 is 2.29 bits per heavy atom. The molecule has 1 saturated heterocycles. The minimum atomic E-state index is -0.208. The monoisotopic (exact) mass is 248 g/mol. The van der Waals surface area contributed by atoms with Crippen molar-refractivity contribution < 1.29 is 0 Å². The Kier molecular flexibility index (Phi) is 3.14. The Hall–Kier alpha value is -1.83. The van der Waals surface area contributed by atoms with Crippen LogP contribution in [0.1, 0.15) is 11.3 Å². The normalized spacial score (nSPS) is 14.6. The van der Waals surface area contributed by atoms with E-state index in [0.29, 0.717) is 5.56 Å². The summed E-state index contributed by atoms with van der Waals surface area (Å²) in [6, 6.07) is 1.97. The fourth-order valence-electron chi connectivity index (χ4n) is 1.56. The molecule has 0 atom stereocenters. The van der Waals surface area contributed by atoms with Gasteiger partial charge in [0.1, 0.15) is 16.8 Å². The van der Waals surface area contributed by atoms with Crippen molar-refractivity contribution in [2.75, 3.05) is 19.3 Å². The van der Waals surface area contributed by atoms with Crippen molar-refractivity contribution in [3.8, 4) is 6.07 Å². The van der Waals surface area contributed by atoms with E-state index >= 15 is 0 Å². The zero-order chi connectivity index (χ0) is 12.4. The SMILES string of the molecule is CN1CCSC1=C=Cc1c(C#N)[nH]n(C)c1=O. The summed E-state index contributed by atoms with van der Waals surface area (Å²) in [5, 5.41) is 12.6. The third-order valence-electron chi connectivity index (χ3n) is 2.55. The van der Waals surface area contributed by atoms with Gasteiger partial charge in [0.05, 0.1) is 5.56 Å². The van der Waals surface area contributed by atoms with Gasteiger partial charge in [0, 0.05) is 26.4 Å². The van der Waals surface area contributed by atoms with Gasteiger partial charge in [-0.1, -0.05) is 17.5 Å². The van der Waals surface area contributed by atoms with Crippen LogP contribution >= 0.6 is 11.8 Å². The Labute approximate surface area is 103 Å². The van der Waals surface area contributed by atoms with Crippen LogP contribution in [-0.4, -0.2) is 34.0 Å². The van der Waals surface area contributed by atoms with Gasteiger partial charge in [0.25, 0.3) is 5.56 Å². The van der Waals surface area contributed by atoms with E-state index in [1.54, 1.807) is 24.9 Å². The maximum Gasteiger partial charge on any atom is 0.275 e. The smallest absolute Gasteiger partial charge is 0.275 e. The summed E-state index contributed by atoms with van der Waals surface area (Å²) in [6.07, 6.45) is 1.58. The van der Waals surface area contributed by atoms with Gasteiger partial charge in [0.2, 0.25) is 0 Å². The van der Waals surface area contributed by atoms with Crippen LogP contribution in [0.3, 0.4) is 0 Å². The first-order chi connectivity index (χ1) is 8.13. The van der Waals surface area contributed by atoms with Crippen molar-refractivity contribution in [1.82, 2.24) is 14.7 Å². The van der Waals surface area contributed by atoms with Gasteiger partial charge >= 0.3 is 0 Å². The van der Waals surface area contributed by atoms with Crippen molar-refractivity contribution in [3.05, 3.63) is 32.4 Å². The van der Waals surface area contributed by atoms with Crippen LogP contribution in [0.4, 0.5) is 0 Å². The molecule has 1 fully saturated rings. The summed E-state index contributed by atoms with van der Waals surface area (Å²) in [7, 11) is 3.57. The van der Waals surface area contributed by atoms with Gasteiger partial charge in [0.15, 0.2) is 0 Å². The van der Waals surface area contributed by atoms with Crippen molar-refractivity contribution in [1.29, 1.82) is 5.26 Å². The molecule has 2 rings (SSSR count). The van der Waals surface area contributed by atoms with Gasteiger partial charge in [-0.05, 0) is 6.08 Å². The summed E-state index contributed by atoms with van der Waals surface area (Å²) in [5.74, 6) is 1.03. The highest BCUT2D eigenvalue weighted by Crippen LogP contribution is 2.24. The predicted molar refractivity (Wildman–Crippen MR) is 67.3 cm³/mol. The molecule has 0 aliphatic carbocycles. The zero-order valence-electron chi connectivity index (χ0n) is 9.65. The maximum absolute atomic E-state index is 11.7. The largest absolute Gasteiger partial charge is 0.362 e. The highest BCUT2D eigenvalue weighted by molar-refractivity contribution is 8.03. The van der Waals surface area contributed by atoms with Crippen LogP contribution in [0.25, 0.3) is 6.08 Å². The second-order valence-electron chi connectivity index (χ2n) is 3.74. The molecule has 1 N–H and O–H groups in total. The fourth-order valence-corrected chi connectivity index (χ4v) is 2.57. The number of aryl methyl sites for hydroxylation is 1. The van der Waals surface area contributed by atoms with Crippen LogP contribution in [-0.2, 0) is 7.05 Å². The molecule has 0 radical (unpaired) electrons. The quantitative estimate of drug-likeness (QED) is 0.744. The lowest BCUT2D eigenvalue weighted by atomic mass is 10.2. The Morgan fingerprint density at radius 3 is 2.88 bits per heavy atom. The predicted octanol–water partition coefficient (Wildman–Crippen LogP) is 0.717. The third-order valence-corrected chi connectivity index (χ3v) is 3.64. The fraction of sp³-hybridized carbons (Fsp3) is 0.364. The molecule has 2 heterocycles. The Morgan fingerprint density at radius 1 is 1.53 bits per heavy atom. The van der Waals surface area contributed by atoms with E-state index in [9.17, 15) is 4.79 Å². The van der Waals surface area contributed by atoms with Crippen LogP contribution in [0.15, 0.2) is 15.6 Å². The molecule has 0 saturated carbocycles. The number of H-pyrrole nitrogens is 1. The molecule has 17 heavy (non-hydrogen) atoms. The lowest BCUT2D eigenvalue weighted by molar-refractivity contribution is 0.494. The van der Waals surface area contributed by atoms with E-state index in [4.69, 9.17) is 5.26 Å². The molecule has 0 unspecified atom stereocenters. The Balaban J connectivity index is 2.47. The molecule has 1 aliphatic rings. The number of nitrogens with zero attached hydrogens (tertiary/aromatic N) is 3. The molecule has 1 aromatic rings. The average molecular weight is 248 g/mol. The molecule has 1 aromatic heterocycles. The molecule has 88 valence electrons. The molecule has 0 spiro atoms. The zero-order valence-corrected chi connectivity index (χ0v) is 10.5. The second kappa shape index (κ2) is 4.58. The first-order valence-corrected chi connectivity index (χ1v) is 6.11. The average Bonchev–Trinajstić information content (AvgIpc) is 2.83. The molecular formula is C11H12N4OS. The standard InChI is InChI=1S/C11H12N4OS/c1-14-5-6-17-10(14)4-3-8-9(7-12)13-15(2)11(8)16/h3,13H,5-6H2,1-2H3. The highest BCUT2D eigenvalue weighted by atomic mass is 32.2. The number of thioether (sulfide) groups is 1. The van der Waals surface area contributed by atoms with Crippen molar-refractivity contribution >= 4 is 17.8 Å². The van der Waals surface area contributed by atoms with Crippen LogP contribution in [0.5, 0.6) is 0 Å². The van der Waals surface area contributed by atoms with E-state index in [0.717, 1.165) is 17.3 Å². The molecular weight excluding hydrogens is 236 g/mol. The van der Waals surface area contributed by atoms with Crippen LogP contribution < -0.4 is 5.56 Å². The summed E-state index contributed by atoms with van der Waals surface area (Å²) < 4.78 is 1.29. The number of hydrogen-bond donors (Lipinski definition) is 1. The van der Waals surface area contributed by atoms with E-state index in [-0.39, 0.29) is 11.3 Å². The molecule has 0 bridgehead atoms. The van der Waals surface area contributed by atoms with Gasteiger partial charge in [-0.15, -0.1) is 0 Å². The van der Waals surface area contributed by atoms with E-state index in [2.05, 4.69) is 15.7 Å². The van der Waals surface area contributed by atoms with Crippen molar-refractivity contribution in [2.24, 2.45) is 7.05 Å². The number of nitrogens with one attached hydrogen (secondary N) is 1. The van der Waals surface area contributed by atoms with E-state index in [1.807, 2.05) is 13.1 Å². The molecule has 0 amide bonds. The van der Waals surface area contributed by atoms with Crippen LogP contribution in [0, 0.1) is 11.3 Å². The molecule has 5 nitrogen and oxygen atoms in total. The summed E-state index contributed by atoms with van der Waals surface area (Å²) in [6.45, 7) is 0.983. The highest BCUT2D eigenvalue weighted by Gasteiger charge is 2.13. The first-order valence-electron chi connectivity index (χ1n) is 5.13. The number of aromatic nitrogens is 2. The first kappa shape index (κ1) is 11.6. The van der Waals surface area contributed by atoms with Crippen molar-refractivity contribution in [2.45, 2.75) is 0 Å². The lowest BCUT2D eigenvalue weighted by Crippen LogP contribution is -2.13. The number of rotatable bonds is 1. The number of aromatic amines is 1. The summed E-state index contributed by atoms with van der Waals surface area (Å²) >= 11 is 1.69. The summed E-state index contributed by atoms with van der Waals surface area (Å²) in [5.41, 5.74) is 3.50. The van der Waals surface area contributed by atoms with Gasteiger partial charge < -0.3 is 4.90 Å². The number of nitriles is 1. The van der Waals surface area contributed by atoms with Gasteiger partial charge in [-0.3, -0.25) is 14.6 Å². The van der Waals surface area contributed by atoms with Gasteiger partial charge in [-0.2, -0.15) is 5.26 Å². The molecule has 1 aliphatic heterocycles. The number of hydrogen-bond acceptors (Lipinski definition) is 4. The lowest BCUT2D eigenvalue weighted by Gasteiger charge is -2.07. The summed E-state index contributed by atoms with van der Waals surface area (Å²) in [4.78, 5) is 13.8. The van der Waals surface area contributed by atoms with E-state index < -0.39 is 0 Å². The van der Waals surface area contributed by atoms with Crippen LogP contribution in [0.2, 0.25) is 0 Å². The molecule has 0 aromatic carbocycles. The van der Waals surface area contributed by atoms with Crippen molar-refractivity contribution in [3.63, 3.8) is 0 Å². The molecule has 6 heteroatoms. The Bertz CT molecular complexity index is 598.